The molecule has 1 amide bonds. The van der Waals surface area contributed by atoms with Gasteiger partial charge in [0.1, 0.15) is 11.6 Å². The van der Waals surface area contributed by atoms with Crippen LogP contribution in [-0.4, -0.2) is 17.9 Å². The van der Waals surface area contributed by atoms with Crippen molar-refractivity contribution in [2.75, 3.05) is 0 Å². The minimum Gasteiger partial charge on any atom is -0.349 e. The summed E-state index contributed by atoms with van der Waals surface area (Å²) in [5.41, 5.74) is -0.166. The fraction of sp³-hybridized carbons (Fsp3) is 0.462. The third-order valence-electron chi connectivity index (χ3n) is 3.30. The second-order valence-electron chi connectivity index (χ2n) is 4.86. The van der Waals surface area contributed by atoms with Crippen LogP contribution in [0.2, 0.25) is 0 Å². The summed E-state index contributed by atoms with van der Waals surface area (Å²) in [6.45, 7) is 0. The normalized spacial score (nSPS) is 18.9. The Hall–Kier alpha value is -1.11. The van der Waals surface area contributed by atoms with E-state index in [2.05, 4.69) is 21.2 Å². The smallest absolute Gasteiger partial charge is 0.251 e. The van der Waals surface area contributed by atoms with E-state index < -0.39 is 29.5 Å². The molecule has 0 aliphatic heterocycles. The summed E-state index contributed by atoms with van der Waals surface area (Å²) in [6, 6.07) is 1.41. The number of benzene rings is 1. The summed E-state index contributed by atoms with van der Waals surface area (Å²) in [7, 11) is 0. The molecule has 2 rings (SSSR count). The summed E-state index contributed by atoms with van der Waals surface area (Å²) >= 11 is 2.71. The molecule has 0 spiro atoms. The van der Waals surface area contributed by atoms with Crippen LogP contribution in [0.5, 0.6) is 0 Å². The summed E-state index contributed by atoms with van der Waals surface area (Å²) < 4.78 is 52.2. The number of halogens is 5. The van der Waals surface area contributed by atoms with Crippen LogP contribution in [0.25, 0.3) is 0 Å². The minimum absolute atomic E-state index is 0.153. The molecule has 0 bridgehead atoms. The van der Waals surface area contributed by atoms with Gasteiger partial charge < -0.3 is 5.32 Å². The zero-order valence-corrected chi connectivity index (χ0v) is 11.9. The molecule has 0 atom stereocenters. The highest BCUT2D eigenvalue weighted by atomic mass is 79.9. The Labute approximate surface area is 121 Å². The van der Waals surface area contributed by atoms with E-state index in [1.54, 1.807) is 0 Å². The molecule has 0 radical (unpaired) electrons. The quantitative estimate of drug-likeness (QED) is 0.631. The summed E-state index contributed by atoms with van der Waals surface area (Å²) in [5, 5.41) is 2.53. The van der Waals surface area contributed by atoms with Crippen molar-refractivity contribution >= 4 is 21.8 Å². The lowest BCUT2D eigenvalue weighted by atomic mass is 9.92. The van der Waals surface area contributed by atoms with Crippen molar-refractivity contribution in [1.82, 2.24) is 5.32 Å². The number of hydrogen-bond acceptors (Lipinski definition) is 1. The molecule has 0 aromatic heterocycles. The van der Waals surface area contributed by atoms with Crippen molar-refractivity contribution in [3.8, 4) is 0 Å². The molecule has 7 heteroatoms. The highest BCUT2D eigenvalue weighted by molar-refractivity contribution is 9.10. The Morgan fingerprint density at radius 2 is 1.70 bits per heavy atom. The van der Waals surface area contributed by atoms with Crippen LogP contribution in [0, 0.1) is 11.6 Å². The number of hydrogen-bond donors (Lipinski definition) is 1. The van der Waals surface area contributed by atoms with Crippen LogP contribution in [0.4, 0.5) is 17.6 Å². The molecule has 1 saturated carbocycles. The van der Waals surface area contributed by atoms with Crippen molar-refractivity contribution in [2.45, 2.75) is 37.6 Å². The molecule has 1 aromatic carbocycles. The molecule has 20 heavy (non-hydrogen) atoms. The summed E-state index contributed by atoms with van der Waals surface area (Å²) in [6.07, 6.45) is -0.275. The van der Waals surface area contributed by atoms with E-state index in [9.17, 15) is 22.4 Å². The van der Waals surface area contributed by atoms with Gasteiger partial charge in [0, 0.05) is 24.4 Å². The van der Waals surface area contributed by atoms with Gasteiger partial charge >= 0.3 is 0 Å². The van der Waals surface area contributed by atoms with Gasteiger partial charge in [-0.2, -0.15) is 0 Å². The third-order valence-corrected chi connectivity index (χ3v) is 4.06. The maximum atomic E-state index is 13.3. The zero-order valence-electron chi connectivity index (χ0n) is 10.4. The van der Waals surface area contributed by atoms with E-state index >= 15 is 0 Å². The lowest BCUT2D eigenvalue weighted by Gasteiger charge is -2.28. The highest BCUT2D eigenvalue weighted by Crippen LogP contribution is 2.33. The molecule has 2 nitrogen and oxygen atoms in total. The van der Waals surface area contributed by atoms with Gasteiger partial charge in [0.15, 0.2) is 0 Å². The molecule has 0 unspecified atom stereocenters. The van der Waals surface area contributed by atoms with Gasteiger partial charge in [-0.15, -0.1) is 0 Å². The monoisotopic (exact) mass is 353 g/mol. The van der Waals surface area contributed by atoms with Crippen LogP contribution >= 0.6 is 15.9 Å². The average molecular weight is 354 g/mol. The van der Waals surface area contributed by atoms with Crippen LogP contribution < -0.4 is 5.32 Å². The van der Waals surface area contributed by atoms with Crippen molar-refractivity contribution in [1.29, 1.82) is 0 Å². The first-order valence-electron chi connectivity index (χ1n) is 6.12. The van der Waals surface area contributed by atoms with Crippen molar-refractivity contribution in [3.05, 3.63) is 33.8 Å². The molecular formula is C13H12BrF4NO. The minimum atomic E-state index is -2.68. The Morgan fingerprint density at radius 1 is 1.20 bits per heavy atom. The number of carbonyl (C=O) groups is 1. The highest BCUT2D eigenvalue weighted by Gasteiger charge is 2.35. The van der Waals surface area contributed by atoms with E-state index in [0.29, 0.717) is 0 Å². The van der Waals surface area contributed by atoms with Crippen LogP contribution in [0.15, 0.2) is 16.6 Å². The van der Waals surface area contributed by atoms with E-state index in [1.165, 1.54) is 0 Å². The van der Waals surface area contributed by atoms with Gasteiger partial charge in [0.2, 0.25) is 5.92 Å². The first-order valence-corrected chi connectivity index (χ1v) is 6.91. The molecule has 1 aliphatic rings. The Kier molecular flexibility index (Phi) is 4.36. The van der Waals surface area contributed by atoms with Crippen molar-refractivity contribution < 1.29 is 22.4 Å². The number of nitrogens with one attached hydrogen (secondary N) is 1. The Balaban J connectivity index is 2.02. The Bertz CT molecular complexity index is 502. The number of rotatable bonds is 2. The van der Waals surface area contributed by atoms with E-state index in [0.717, 1.165) is 12.1 Å². The second kappa shape index (κ2) is 5.71. The number of alkyl halides is 2. The lowest BCUT2D eigenvalue weighted by Crippen LogP contribution is -2.40. The SMILES string of the molecule is O=C(NC1CCC(F)(F)CC1)c1cc(F)c(Br)c(F)c1. The van der Waals surface area contributed by atoms with Gasteiger partial charge in [-0.1, -0.05) is 0 Å². The predicted octanol–water partition coefficient (Wildman–Crippen LogP) is 4.04. The van der Waals surface area contributed by atoms with E-state index in [1.807, 2.05) is 0 Å². The van der Waals surface area contributed by atoms with Gasteiger partial charge in [-0.3, -0.25) is 4.79 Å². The molecule has 1 fully saturated rings. The number of amides is 1. The third kappa shape index (κ3) is 3.50. The first-order chi connectivity index (χ1) is 9.28. The summed E-state index contributed by atoms with van der Waals surface area (Å²) in [5.74, 6) is -5.11. The van der Waals surface area contributed by atoms with Crippen molar-refractivity contribution in [2.24, 2.45) is 0 Å². The average Bonchev–Trinajstić information content (AvgIpc) is 2.37. The van der Waals surface area contributed by atoms with Gasteiger partial charge in [0.25, 0.3) is 5.91 Å². The topological polar surface area (TPSA) is 29.1 Å². The molecule has 110 valence electrons. The summed E-state index contributed by atoms with van der Waals surface area (Å²) in [4.78, 5) is 11.8. The van der Waals surface area contributed by atoms with Gasteiger partial charge in [-0.05, 0) is 40.9 Å². The van der Waals surface area contributed by atoms with E-state index in [4.69, 9.17) is 0 Å². The largest absolute Gasteiger partial charge is 0.349 e. The van der Waals surface area contributed by atoms with Crippen LogP contribution in [0.1, 0.15) is 36.0 Å². The molecule has 1 aromatic rings. The van der Waals surface area contributed by atoms with Crippen LogP contribution in [-0.2, 0) is 0 Å². The molecule has 1 aliphatic carbocycles. The van der Waals surface area contributed by atoms with Crippen LogP contribution in [0.3, 0.4) is 0 Å². The maximum Gasteiger partial charge on any atom is 0.251 e. The second-order valence-corrected chi connectivity index (χ2v) is 5.65. The molecular weight excluding hydrogens is 342 g/mol. The van der Waals surface area contributed by atoms with E-state index in [-0.39, 0.29) is 35.7 Å². The standard InChI is InChI=1S/C13H12BrF4NO/c14-11-9(15)5-7(6-10(11)16)12(20)19-8-1-3-13(17,18)4-2-8/h5-6,8H,1-4H2,(H,19,20). The van der Waals surface area contributed by atoms with Gasteiger partial charge in [-0.25, -0.2) is 17.6 Å². The Morgan fingerprint density at radius 3 is 2.20 bits per heavy atom. The van der Waals surface area contributed by atoms with Gasteiger partial charge in [0.05, 0.1) is 4.47 Å². The molecule has 0 saturated heterocycles. The first kappa shape index (κ1) is 15.3. The number of carbonyl (C=O) groups excluding carboxylic acids is 1. The lowest BCUT2D eigenvalue weighted by molar-refractivity contribution is -0.0399. The van der Waals surface area contributed by atoms with Crippen molar-refractivity contribution in [3.63, 3.8) is 0 Å². The molecule has 1 N–H and O–H groups in total. The zero-order chi connectivity index (χ0) is 14.9. The molecule has 0 heterocycles. The fourth-order valence-corrected chi connectivity index (χ4v) is 2.37. The predicted molar refractivity (Wildman–Crippen MR) is 68.7 cm³/mol. The fourth-order valence-electron chi connectivity index (χ4n) is 2.14. The maximum absolute atomic E-state index is 13.3.